The zero-order valence-electron chi connectivity index (χ0n) is 13.0. The fraction of sp³-hybridized carbons (Fsp3) is 1.00. The Morgan fingerprint density at radius 1 is 0.737 bits per heavy atom. The van der Waals surface area contributed by atoms with Crippen molar-refractivity contribution < 1.29 is 0 Å². The summed E-state index contributed by atoms with van der Waals surface area (Å²) in [6, 6.07) is 1.91. The van der Waals surface area contributed by atoms with Crippen LogP contribution in [0.25, 0.3) is 0 Å². The first-order valence-electron chi connectivity index (χ1n) is 8.87. The molecule has 1 aliphatic heterocycles. The summed E-state index contributed by atoms with van der Waals surface area (Å²) >= 11 is 0. The molecule has 0 bridgehead atoms. The normalized spacial score (nSPS) is 57.6. The van der Waals surface area contributed by atoms with Gasteiger partial charge in [0.05, 0.1) is 0 Å². The van der Waals surface area contributed by atoms with Crippen LogP contribution in [-0.4, -0.2) is 24.0 Å². The molecule has 0 aromatic heterocycles. The first kappa shape index (κ1) is 12.7. The monoisotopic (exact) mass is 261 g/mol. The van der Waals surface area contributed by atoms with Crippen LogP contribution in [-0.2, 0) is 0 Å². The van der Waals surface area contributed by atoms with E-state index in [1.165, 1.54) is 32.1 Å². The van der Waals surface area contributed by atoms with E-state index in [0.717, 1.165) is 47.6 Å². The van der Waals surface area contributed by atoms with Gasteiger partial charge in [-0.1, -0.05) is 20.3 Å². The summed E-state index contributed by atoms with van der Waals surface area (Å²) in [6.07, 6.45) is 10.7. The lowest BCUT2D eigenvalue weighted by Gasteiger charge is -2.39. The Bertz CT molecular complexity index is 348. The van der Waals surface area contributed by atoms with E-state index in [2.05, 4.69) is 25.8 Å². The zero-order chi connectivity index (χ0) is 13.1. The van der Waals surface area contributed by atoms with Crippen molar-refractivity contribution in [2.75, 3.05) is 7.05 Å². The van der Waals surface area contributed by atoms with Crippen molar-refractivity contribution in [2.24, 2.45) is 35.5 Å². The van der Waals surface area contributed by atoms with Gasteiger partial charge in [0.2, 0.25) is 0 Å². The number of hydrogen-bond acceptors (Lipinski definition) is 1. The summed E-state index contributed by atoms with van der Waals surface area (Å²) < 4.78 is 0. The van der Waals surface area contributed by atoms with E-state index < -0.39 is 0 Å². The fourth-order valence-electron chi connectivity index (χ4n) is 6.63. The molecule has 19 heavy (non-hydrogen) atoms. The minimum atomic E-state index is 0.949. The molecule has 1 saturated heterocycles. The van der Waals surface area contributed by atoms with Gasteiger partial charge in [-0.05, 0) is 81.1 Å². The molecule has 0 radical (unpaired) electrons. The van der Waals surface area contributed by atoms with E-state index in [-0.39, 0.29) is 0 Å². The topological polar surface area (TPSA) is 3.24 Å². The Morgan fingerprint density at radius 2 is 1.42 bits per heavy atom. The molecule has 4 rings (SSSR count). The van der Waals surface area contributed by atoms with Crippen molar-refractivity contribution in [3.63, 3.8) is 0 Å². The Hall–Kier alpha value is -0.0400. The van der Waals surface area contributed by atoms with Gasteiger partial charge < -0.3 is 0 Å². The van der Waals surface area contributed by atoms with Crippen molar-refractivity contribution >= 4 is 0 Å². The minimum absolute atomic E-state index is 0.949. The van der Waals surface area contributed by atoms with Crippen molar-refractivity contribution in [2.45, 2.75) is 70.9 Å². The lowest BCUT2D eigenvalue weighted by molar-refractivity contribution is 0.0970. The summed E-state index contributed by atoms with van der Waals surface area (Å²) in [5.41, 5.74) is 0. The lowest BCUT2D eigenvalue weighted by atomic mass is 9.74. The SMILES string of the molecule is CC1CCC2C(C1)C1CC3CCC(C)CC3C1N2C. The molecule has 4 aliphatic rings. The molecule has 0 aromatic rings. The standard InChI is InChI=1S/C18H31N/c1-11-4-6-13-10-16-15-9-12(2)5-7-17(15)19(3)18(16)14(13)8-11/h11-18H,4-10H2,1-3H3. The van der Waals surface area contributed by atoms with Crippen molar-refractivity contribution in [1.82, 2.24) is 4.90 Å². The Morgan fingerprint density at radius 3 is 2.21 bits per heavy atom. The van der Waals surface area contributed by atoms with Crippen molar-refractivity contribution in [1.29, 1.82) is 0 Å². The quantitative estimate of drug-likeness (QED) is 0.632. The van der Waals surface area contributed by atoms with Crippen molar-refractivity contribution in [3.05, 3.63) is 0 Å². The highest BCUT2D eigenvalue weighted by atomic mass is 15.2. The molecule has 0 spiro atoms. The molecule has 0 aromatic carbocycles. The first-order chi connectivity index (χ1) is 9.15. The number of rotatable bonds is 0. The predicted octanol–water partition coefficient (Wildman–Crippen LogP) is 4.18. The molecule has 3 saturated carbocycles. The van der Waals surface area contributed by atoms with E-state index in [9.17, 15) is 0 Å². The van der Waals surface area contributed by atoms with E-state index in [0.29, 0.717) is 0 Å². The molecule has 8 unspecified atom stereocenters. The van der Waals surface area contributed by atoms with Gasteiger partial charge in [0.25, 0.3) is 0 Å². The minimum Gasteiger partial charge on any atom is -0.300 e. The maximum atomic E-state index is 2.86. The summed E-state index contributed by atoms with van der Waals surface area (Å²) in [7, 11) is 2.47. The Kier molecular flexibility index (Phi) is 2.99. The van der Waals surface area contributed by atoms with Crippen LogP contribution < -0.4 is 0 Å². The number of likely N-dealkylation sites (tertiary alicyclic amines) is 1. The van der Waals surface area contributed by atoms with Gasteiger partial charge in [-0.2, -0.15) is 0 Å². The first-order valence-corrected chi connectivity index (χ1v) is 8.87. The highest BCUT2D eigenvalue weighted by Crippen LogP contribution is 2.58. The second-order valence-corrected chi connectivity index (χ2v) is 8.55. The van der Waals surface area contributed by atoms with Crippen LogP contribution in [0.1, 0.15) is 58.8 Å². The van der Waals surface area contributed by atoms with Gasteiger partial charge in [0.15, 0.2) is 0 Å². The molecular formula is C18H31N. The van der Waals surface area contributed by atoms with Crippen LogP contribution in [0.2, 0.25) is 0 Å². The second-order valence-electron chi connectivity index (χ2n) is 8.55. The molecule has 108 valence electrons. The summed E-state index contributed by atoms with van der Waals surface area (Å²) in [6.45, 7) is 4.99. The van der Waals surface area contributed by atoms with E-state index in [1.54, 1.807) is 12.8 Å². The van der Waals surface area contributed by atoms with Gasteiger partial charge in [-0.15, -0.1) is 0 Å². The third kappa shape index (κ3) is 1.83. The van der Waals surface area contributed by atoms with Crippen LogP contribution >= 0.6 is 0 Å². The third-order valence-corrected chi connectivity index (χ3v) is 7.43. The Balaban J connectivity index is 1.60. The van der Waals surface area contributed by atoms with Crippen molar-refractivity contribution in [3.8, 4) is 0 Å². The lowest BCUT2D eigenvalue weighted by Crippen LogP contribution is -2.41. The molecule has 1 heteroatoms. The van der Waals surface area contributed by atoms with Gasteiger partial charge >= 0.3 is 0 Å². The molecule has 1 nitrogen and oxygen atoms in total. The molecular weight excluding hydrogens is 230 g/mol. The molecule has 0 amide bonds. The van der Waals surface area contributed by atoms with Gasteiger partial charge in [-0.25, -0.2) is 0 Å². The van der Waals surface area contributed by atoms with E-state index >= 15 is 0 Å². The second kappa shape index (κ2) is 4.48. The summed E-state index contributed by atoms with van der Waals surface area (Å²) in [5, 5.41) is 0. The van der Waals surface area contributed by atoms with Gasteiger partial charge in [0.1, 0.15) is 0 Å². The number of nitrogens with zero attached hydrogens (tertiary/aromatic N) is 1. The summed E-state index contributed by atoms with van der Waals surface area (Å²) in [4.78, 5) is 2.86. The molecule has 4 fully saturated rings. The number of fused-ring (bicyclic) bond motifs is 5. The molecule has 3 aliphatic carbocycles. The van der Waals surface area contributed by atoms with Crippen LogP contribution in [0.3, 0.4) is 0 Å². The van der Waals surface area contributed by atoms with E-state index in [1.807, 2.05) is 0 Å². The maximum absolute atomic E-state index is 2.86. The fourth-order valence-corrected chi connectivity index (χ4v) is 6.63. The third-order valence-electron chi connectivity index (χ3n) is 7.43. The zero-order valence-corrected chi connectivity index (χ0v) is 13.0. The average Bonchev–Trinajstić information content (AvgIpc) is 2.87. The van der Waals surface area contributed by atoms with Gasteiger partial charge in [-0.3, -0.25) is 4.90 Å². The molecule has 0 N–H and O–H groups in total. The smallest absolute Gasteiger partial charge is 0.0158 e. The largest absolute Gasteiger partial charge is 0.300 e. The van der Waals surface area contributed by atoms with Crippen LogP contribution in [0.15, 0.2) is 0 Å². The van der Waals surface area contributed by atoms with Crippen LogP contribution in [0, 0.1) is 35.5 Å². The predicted molar refractivity (Wildman–Crippen MR) is 79.9 cm³/mol. The highest BCUT2D eigenvalue weighted by Gasteiger charge is 2.57. The molecule has 1 heterocycles. The number of hydrogen-bond donors (Lipinski definition) is 0. The van der Waals surface area contributed by atoms with Crippen LogP contribution in [0.5, 0.6) is 0 Å². The van der Waals surface area contributed by atoms with E-state index in [4.69, 9.17) is 0 Å². The average molecular weight is 261 g/mol. The Labute approximate surface area is 119 Å². The van der Waals surface area contributed by atoms with Gasteiger partial charge in [0, 0.05) is 12.1 Å². The maximum Gasteiger partial charge on any atom is 0.0158 e. The molecule has 8 atom stereocenters. The summed E-state index contributed by atoms with van der Waals surface area (Å²) in [5.74, 6) is 6.26. The van der Waals surface area contributed by atoms with Crippen LogP contribution in [0.4, 0.5) is 0 Å². The highest BCUT2D eigenvalue weighted by molar-refractivity contribution is 5.09.